The summed E-state index contributed by atoms with van der Waals surface area (Å²) in [4.78, 5) is 32.2. The van der Waals surface area contributed by atoms with Gasteiger partial charge in [0.2, 0.25) is 6.79 Å². The Morgan fingerprint density at radius 1 is 1.03 bits per heavy atom. The van der Waals surface area contributed by atoms with Crippen LogP contribution in [0.1, 0.15) is 58.0 Å². The number of hydrogen-bond donors (Lipinski definition) is 1. The second-order valence-electron chi connectivity index (χ2n) is 7.71. The van der Waals surface area contributed by atoms with Crippen molar-refractivity contribution in [2.24, 2.45) is 0 Å². The van der Waals surface area contributed by atoms with Crippen molar-refractivity contribution in [2.45, 2.75) is 45.2 Å². The quantitative estimate of drug-likeness (QED) is 0.856. The lowest BCUT2D eigenvalue weighted by atomic mass is 10.1. The zero-order valence-corrected chi connectivity index (χ0v) is 16.3. The molecule has 0 spiro atoms. The first kappa shape index (κ1) is 18.0. The van der Waals surface area contributed by atoms with Crippen molar-refractivity contribution in [3.63, 3.8) is 0 Å². The minimum absolute atomic E-state index is 0.0551. The Morgan fingerprint density at radius 3 is 2.69 bits per heavy atom. The highest BCUT2D eigenvalue weighted by Gasteiger charge is 2.30. The molecular weight excluding hydrogens is 372 g/mol. The van der Waals surface area contributed by atoms with Crippen molar-refractivity contribution >= 4 is 11.8 Å². The normalized spacial score (nSPS) is 17.3. The summed E-state index contributed by atoms with van der Waals surface area (Å²) in [5, 5.41) is 2.94. The second-order valence-corrected chi connectivity index (χ2v) is 7.71. The fraction of sp³-hybridized carbons (Fsp3) is 0.476. The van der Waals surface area contributed by atoms with Crippen LogP contribution in [0.15, 0.2) is 18.2 Å². The number of rotatable bonds is 4. The Kier molecular flexibility index (Phi) is 4.61. The lowest BCUT2D eigenvalue weighted by Gasteiger charge is -2.19. The molecule has 0 unspecified atom stereocenters. The molecule has 1 fully saturated rings. The highest BCUT2D eigenvalue weighted by molar-refractivity contribution is 5.97. The highest BCUT2D eigenvalue weighted by atomic mass is 16.7. The van der Waals surface area contributed by atoms with Gasteiger partial charge in [0.15, 0.2) is 17.3 Å². The first-order valence-corrected chi connectivity index (χ1v) is 10.3. The summed E-state index contributed by atoms with van der Waals surface area (Å²) in [6, 6.07) is 5.61. The zero-order chi connectivity index (χ0) is 19.8. The molecular formula is C21H24N4O4. The Morgan fingerprint density at radius 2 is 1.83 bits per heavy atom. The molecule has 5 rings (SSSR count). The van der Waals surface area contributed by atoms with Crippen LogP contribution < -0.4 is 14.8 Å². The van der Waals surface area contributed by atoms with E-state index in [-0.39, 0.29) is 18.6 Å². The third-order valence-electron chi connectivity index (χ3n) is 5.81. The van der Waals surface area contributed by atoms with E-state index in [4.69, 9.17) is 9.47 Å². The number of nitrogens with one attached hydrogen (secondary N) is 1. The van der Waals surface area contributed by atoms with Crippen LogP contribution in [0.4, 0.5) is 0 Å². The van der Waals surface area contributed by atoms with E-state index in [0.29, 0.717) is 29.6 Å². The SMILES string of the molecule is O=C(NCc1ccc2c(c1)OCO2)c1nc(C(=O)N2CCCC2)n2c1CCCC2. The molecule has 0 saturated carbocycles. The molecule has 1 aromatic heterocycles. The molecule has 4 heterocycles. The van der Waals surface area contributed by atoms with Gasteiger partial charge in [0, 0.05) is 26.2 Å². The minimum Gasteiger partial charge on any atom is -0.454 e. The maximum absolute atomic E-state index is 12.9. The van der Waals surface area contributed by atoms with Crippen molar-refractivity contribution in [1.29, 1.82) is 0 Å². The fourth-order valence-electron chi connectivity index (χ4n) is 4.27. The van der Waals surface area contributed by atoms with Crippen LogP contribution in [-0.2, 0) is 19.5 Å². The number of carbonyl (C=O) groups is 2. The monoisotopic (exact) mass is 396 g/mol. The van der Waals surface area contributed by atoms with Gasteiger partial charge in [-0.3, -0.25) is 9.59 Å². The van der Waals surface area contributed by atoms with Crippen LogP contribution in [-0.4, -0.2) is 46.1 Å². The summed E-state index contributed by atoms with van der Waals surface area (Å²) < 4.78 is 12.7. The smallest absolute Gasteiger partial charge is 0.289 e. The van der Waals surface area contributed by atoms with Gasteiger partial charge in [-0.1, -0.05) is 6.07 Å². The van der Waals surface area contributed by atoms with E-state index >= 15 is 0 Å². The van der Waals surface area contributed by atoms with Crippen LogP contribution in [0, 0.1) is 0 Å². The summed E-state index contributed by atoms with van der Waals surface area (Å²) in [5.41, 5.74) is 2.18. The molecule has 1 N–H and O–H groups in total. The molecule has 2 aromatic rings. The molecule has 0 bridgehead atoms. The van der Waals surface area contributed by atoms with Crippen LogP contribution in [0.2, 0.25) is 0 Å². The topological polar surface area (TPSA) is 85.7 Å². The predicted octanol–water partition coefficient (Wildman–Crippen LogP) is 2.11. The van der Waals surface area contributed by atoms with Crippen LogP contribution in [0.5, 0.6) is 11.5 Å². The Bertz CT molecular complexity index is 962. The van der Waals surface area contributed by atoms with Gasteiger partial charge in [0.25, 0.3) is 11.8 Å². The Labute approximate surface area is 168 Å². The first-order valence-electron chi connectivity index (χ1n) is 10.3. The summed E-state index contributed by atoms with van der Waals surface area (Å²) >= 11 is 0. The summed E-state index contributed by atoms with van der Waals surface area (Å²) in [6.45, 7) is 2.86. The molecule has 152 valence electrons. The average molecular weight is 396 g/mol. The molecule has 0 radical (unpaired) electrons. The van der Waals surface area contributed by atoms with Crippen molar-refractivity contribution < 1.29 is 19.1 Å². The third-order valence-corrected chi connectivity index (χ3v) is 5.81. The number of aromatic nitrogens is 2. The molecule has 1 aromatic carbocycles. The number of amides is 2. The number of hydrogen-bond acceptors (Lipinski definition) is 5. The lowest BCUT2D eigenvalue weighted by Crippen LogP contribution is -2.31. The average Bonchev–Trinajstić information content (AvgIpc) is 3.50. The van der Waals surface area contributed by atoms with Gasteiger partial charge in [-0.15, -0.1) is 0 Å². The van der Waals surface area contributed by atoms with E-state index in [0.717, 1.165) is 63.0 Å². The number of imidazole rings is 1. The van der Waals surface area contributed by atoms with Gasteiger partial charge in [0.05, 0.1) is 5.69 Å². The number of ether oxygens (including phenoxy) is 2. The van der Waals surface area contributed by atoms with Crippen molar-refractivity contribution in [1.82, 2.24) is 19.8 Å². The van der Waals surface area contributed by atoms with E-state index in [1.165, 1.54) is 0 Å². The maximum Gasteiger partial charge on any atom is 0.289 e. The number of nitrogens with zero attached hydrogens (tertiary/aromatic N) is 3. The molecule has 0 atom stereocenters. The summed E-state index contributed by atoms with van der Waals surface area (Å²) in [7, 11) is 0. The van der Waals surface area contributed by atoms with E-state index in [2.05, 4.69) is 10.3 Å². The van der Waals surface area contributed by atoms with Gasteiger partial charge >= 0.3 is 0 Å². The lowest BCUT2D eigenvalue weighted by molar-refractivity contribution is 0.0774. The van der Waals surface area contributed by atoms with Crippen LogP contribution in [0.3, 0.4) is 0 Å². The molecule has 0 aliphatic carbocycles. The zero-order valence-electron chi connectivity index (χ0n) is 16.3. The molecule has 2 amide bonds. The standard InChI is InChI=1S/C21H24N4O4/c26-20(22-12-14-6-7-16-17(11-14)29-13-28-16)18-15-5-1-2-10-25(15)19(23-18)21(27)24-8-3-4-9-24/h6-7,11H,1-5,8-10,12-13H2,(H,22,26). The Balaban J connectivity index is 1.35. The van der Waals surface area contributed by atoms with Crippen molar-refractivity contribution in [2.75, 3.05) is 19.9 Å². The molecule has 3 aliphatic heterocycles. The minimum atomic E-state index is -0.242. The van der Waals surface area contributed by atoms with E-state index < -0.39 is 0 Å². The number of likely N-dealkylation sites (tertiary alicyclic amines) is 1. The van der Waals surface area contributed by atoms with Gasteiger partial charge in [-0.05, 0) is 49.8 Å². The first-order chi connectivity index (χ1) is 14.2. The second kappa shape index (κ2) is 7.42. The van der Waals surface area contributed by atoms with Crippen molar-refractivity contribution in [3.05, 3.63) is 41.0 Å². The molecule has 3 aliphatic rings. The van der Waals surface area contributed by atoms with Crippen molar-refractivity contribution in [3.8, 4) is 11.5 Å². The number of benzene rings is 1. The maximum atomic E-state index is 12.9. The third kappa shape index (κ3) is 3.32. The van der Waals surface area contributed by atoms with Gasteiger partial charge in [0.1, 0.15) is 5.69 Å². The molecule has 8 nitrogen and oxygen atoms in total. The van der Waals surface area contributed by atoms with Crippen LogP contribution in [0.25, 0.3) is 0 Å². The van der Waals surface area contributed by atoms with Crippen LogP contribution >= 0.6 is 0 Å². The highest BCUT2D eigenvalue weighted by Crippen LogP contribution is 2.32. The fourth-order valence-corrected chi connectivity index (χ4v) is 4.27. The van der Waals surface area contributed by atoms with E-state index in [1.54, 1.807) is 0 Å². The summed E-state index contributed by atoms with van der Waals surface area (Å²) in [6.07, 6.45) is 4.84. The summed E-state index contributed by atoms with van der Waals surface area (Å²) in [5.74, 6) is 1.52. The van der Waals surface area contributed by atoms with Gasteiger partial charge < -0.3 is 24.3 Å². The molecule has 8 heteroatoms. The number of carbonyl (C=O) groups excluding carboxylic acids is 2. The van der Waals surface area contributed by atoms with Gasteiger partial charge in [-0.2, -0.15) is 0 Å². The van der Waals surface area contributed by atoms with E-state index in [9.17, 15) is 9.59 Å². The molecule has 29 heavy (non-hydrogen) atoms. The largest absolute Gasteiger partial charge is 0.454 e. The predicted molar refractivity (Wildman–Crippen MR) is 104 cm³/mol. The van der Waals surface area contributed by atoms with E-state index in [1.807, 2.05) is 27.7 Å². The Hall–Kier alpha value is -3.03. The molecule has 1 saturated heterocycles. The van der Waals surface area contributed by atoms with Gasteiger partial charge in [-0.25, -0.2) is 4.98 Å². The number of fused-ring (bicyclic) bond motifs is 2.